The highest BCUT2D eigenvalue weighted by Gasteiger charge is 2.40. The molecular formula is C29H42FN5O2. The van der Waals surface area contributed by atoms with E-state index in [1.54, 1.807) is 12.1 Å². The molecule has 2 atom stereocenters. The lowest BCUT2D eigenvalue weighted by Crippen LogP contribution is -2.61. The van der Waals surface area contributed by atoms with Gasteiger partial charge in [0.25, 0.3) is 0 Å². The largest absolute Gasteiger partial charge is 0.379 e. The molecule has 1 amide bonds. The Labute approximate surface area is 221 Å². The number of hydrogen-bond donors (Lipinski definition) is 1. The minimum Gasteiger partial charge on any atom is -0.379 e. The third-order valence-electron chi connectivity index (χ3n) is 7.70. The number of aromatic nitrogens is 1. The Morgan fingerprint density at radius 2 is 2.00 bits per heavy atom. The van der Waals surface area contributed by atoms with E-state index in [4.69, 9.17) is 9.72 Å². The molecule has 0 spiro atoms. The third kappa shape index (κ3) is 6.20. The number of benzene rings is 1. The van der Waals surface area contributed by atoms with Gasteiger partial charge in [-0.25, -0.2) is 4.39 Å². The van der Waals surface area contributed by atoms with Crippen molar-refractivity contribution in [3.8, 4) is 0 Å². The fourth-order valence-corrected chi connectivity index (χ4v) is 5.70. The monoisotopic (exact) mass is 511 g/mol. The molecule has 3 aliphatic heterocycles. The van der Waals surface area contributed by atoms with E-state index in [1.165, 1.54) is 6.07 Å². The minimum absolute atomic E-state index is 0. The van der Waals surface area contributed by atoms with Crippen LogP contribution in [0.1, 0.15) is 45.0 Å². The Bertz CT molecular complexity index is 1090. The second kappa shape index (κ2) is 11.6. The topological polar surface area (TPSA) is 60.9 Å². The maximum absolute atomic E-state index is 14.3. The van der Waals surface area contributed by atoms with Crippen molar-refractivity contribution in [3.63, 3.8) is 0 Å². The predicted octanol–water partition coefficient (Wildman–Crippen LogP) is 3.07. The van der Waals surface area contributed by atoms with Crippen molar-refractivity contribution in [1.29, 1.82) is 0 Å². The molecule has 4 heterocycles. The zero-order valence-electron chi connectivity index (χ0n) is 21.7. The van der Waals surface area contributed by atoms with Crippen molar-refractivity contribution in [2.24, 2.45) is 0 Å². The number of fused-ring (bicyclic) bond motifs is 1. The van der Waals surface area contributed by atoms with Crippen LogP contribution in [-0.4, -0.2) is 91.8 Å². The molecule has 0 bridgehead atoms. The molecule has 8 heteroatoms. The number of piperazine rings is 1. The van der Waals surface area contributed by atoms with Crippen LogP contribution in [0, 0.1) is 5.82 Å². The van der Waals surface area contributed by atoms with E-state index in [9.17, 15) is 9.18 Å². The summed E-state index contributed by atoms with van der Waals surface area (Å²) in [5.74, 6) is -0.113. The first-order valence-electron chi connectivity index (χ1n) is 13.1. The third-order valence-corrected chi connectivity index (χ3v) is 7.70. The van der Waals surface area contributed by atoms with Crippen LogP contribution in [0.2, 0.25) is 0 Å². The minimum atomic E-state index is -0.231. The quantitative estimate of drug-likeness (QED) is 0.643. The van der Waals surface area contributed by atoms with Crippen LogP contribution in [0.5, 0.6) is 0 Å². The second-order valence-corrected chi connectivity index (χ2v) is 11.1. The zero-order valence-corrected chi connectivity index (χ0v) is 21.7. The summed E-state index contributed by atoms with van der Waals surface area (Å²) >= 11 is 0. The van der Waals surface area contributed by atoms with E-state index in [1.807, 2.05) is 23.2 Å². The van der Waals surface area contributed by atoms with Crippen molar-refractivity contribution in [1.82, 2.24) is 20.1 Å². The first kappa shape index (κ1) is 27.6. The van der Waals surface area contributed by atoms with E-state index >= 15 is 0 Å². The van der Waals surface area contributed by atoms with Crippen molar-refractivity contribution in [2.75, 3.05) is 63.9 Å². The van der Waals surface area contributed by atoms with Gasteiger partial charge in [0.1, 0.15) is 5.82 Å². The van der Waals surface area contributed by atoms with Crippen LogP contribution in [0.15, 0.2) is 36.5 Å². The molecule has 3 aliphatic rings. The molecule has 1 aromatic carbocycles. The number of nitrogens with zero attached hydrogens (tertiary/aromatic N) is 4. The lowest BCUT2D eigenvalue weighted by atomic mass is 9.91. The van der Waals surface area contributed by atoms with Gasteiger partial charge in [-0.3, -0.25) is 19.6 Å². The van der Waals surface area contributed by atoms with E-state index in [2.05, 4.69) is 35.9 Å². The Balaban J connectivity index is 0.00000320. The number of pyridine rings is 1. The van der Waals surface area contributed by atoms with Crippen LogP contribution >= 0.6 is 0 Å². The summed E-state index contributed by atoms with van der Waals surface area (Å²) in [6, 6.07) is 9.49. The summed E-state index contributed by atoms with van der Waals surface area (Å²) in [6.07, 6.45) is 2.28. The van der Waals surface area contributed by atoms with Gasteiger partial charge in [0.15, 0.2) is 0 Å². The summed E-state index contributed by atoms with van der Waals surface area (Å²) < 4.78 is 19.8. The smallest absolute Gasteiger partial charge is 0.241 e. The van der Waals surface area contributed by atoms with E-state index < -0.39 is 0 Å². The molecule has 0 aliphatic carbocycles. The molecule has 5 rings (SSSR count). The number of anilines is 1. The molecule has 0 radical (unpaired) electrons. The van der Waals surface area contributed by atoms with Gasteiger partial charge in [0.05, 0.1) is 31.1 Å². The molecular weight excluding hydrogens is 469 g/mol. The van der Waals surface area contributed by atoms with E-state index in [0.717, 1.165) is 62.9 Å². The van der Waals surface area contributed by atoms with Crippen molar-refractivity contribution < 1.29 is 13.9 Å². The molecule has 1 aromatic heterocycles. The number of ether oxygens (including phenoxy) is 1. The number of rotatable bonds is 6. The molecule has 2 saturated heterocycles. The van der Waals surface area contributed by atoms with Crippen LogP contribution < -0.4 is 10.2 Å². The number of morpholine rings is 1. The van der Waals surface area contributed by atoms with Crippen molar-refractivity contribution in [3.05, 3.63) is 59.2 Å². The van der Waals surface area contributed by atoms with Crippen molar-refractivity contribution in [2.45, 2.75) is 52.1 Å². The van der Waals surface area contributed by atoms with Gasteiger partial charge >= 0.3 is 0 Å². The van der Waals surface area contributed by atoms with Gasteiger partial charge in [0.2, 0.25) is 5.91 Å². The Kier molecular flexibility index (Phi) is 8.63. The highest BCUT2D eigenvalue weighted by molar-refractivity contribution is 5.97. The van der Waals surface area contributed by atoms with Gasteiger partial charge in [-0.05, 0) is 30.2 Å². The molecule has 1 N–H and O–H groups in total. The summed E-state index contributed by atoms with van der Waals surface area (Å²) in [6.45, 7) is 13.5. The number of hydrogen-bond acceptors (Lipinski definition) is 6. The lowest BCUT2D eigenvalue weighted by Gasteiger charge is -2.42. The Morgan fingerprint density at radius 1 is 1.24 bits per heavy atom. The fraction of sp³-hybridized carbons (Fsp3) is 0.586. The predicted molar refractivity (Wildman–Crippen MR) is 146 cm³/mol. The normalized spacial score (nSPS) is 23.9. The van der Waals surface area contributed by atoms with Gasteiger partial charge in [-0.15, -0.1) is 0 Å². The van der Waals surface area contributed by atoms with Gasteiger partial charge in [-0.1, -0.05) is 39.5 Å². The van der Waals surface area contributed by atoms with E-state index in [0.29, 0.717) is 31.1 Å². The highest BCUT2D eigenvalue weighted by Crippen LogP contribution is 2.39. The average molecular weight is 512 g/mol. The molecule has 202 valence electrons. The zero-order chi connectivity index (χ0) is 25.3. The summed E-state index contributed by atoms with van der Waals surface area (Å²) in [5, 5.41) is 3.59. The standard InChI is InChI=1S/C28H38FN5O2.CH4/c1-20-16-33(23(15-30-20)17-32-8-10-36-11-9-32)18-26(35)34-19-28(2,3)27-25(34)13-21(14-31-27)12-22-6-4-5-7-24(22)29;/h4-7,13-14,20,23,30H,8-12,15-19H2,1-3H3;1H4/t20-,23-;/m1./s1. The average Bonchev–Trinajstić information content (AvgIpc) is 3.13. The Hall–Kier alpha value is -2.39. The van der Waals surface area contributed by atoms with Gasteiger partial charge in [0, 0.05) is 69.4 Å². The molecule has 2 fully saturated rings. The molecule has 0 unspecified atom stereocenters. The number of amides is 1. The van der Waals surface area contributed by atoms with Crippen LogP contribution in [-0.2, 0) is 21.4 Å². The molecule has 7 nitrogen and oxygen atoms in total. The van der Waals surface area contributed by atoms with Crippen LogP contribution in [0.25, 0.3) is 0 Å². The highest BCUT2D eigenvalue weighted by atomic mass is 19.1. The second-order valence-electron chi connectivity index (χ2n) is 11.1. The Morgan fingerprint density at radius 3 is 2.76 bits per heavy atom. The number of nitrogens with one attached hydrogen (secondary N) is 1. The maximum atomic E-state index is 14.3. The molecule has 0 saturated carbocycles. The summed E-state index contributed by atoms with van der Waals surface area (Å²) in [7, 11) is 0. The van der Waals surface area contributed by atoms with E-state index in [-0.39, 0.29) is 30.6 Å². The first-order valence-corrected chi connectivity index (χ1v) is 13.1. The summed E-state index contributed by atoms with van der Waals surface area (Å²) in [5.41, 5.74) is 3.12. The lowest BCUT2D eigenvalue weighted by molar-refractivity contribution is -0.121. The van der Waals surface area contributed by atoms with Gasteiger partial charge < -0.3 is 15.0 Å². The number of carbonyl (C=O) groups excluding carboxylic acids is 1. The molecule has 37 heavy (non-hydrogen) atoms. The maximum Gasteiger partial charge on any atom is 0.241 e. The summed E-state index contributed by atoms with van der Waals surface area (Å²) in [4.78, 5) is 25.2. The van der Waals surface area contributed by atoms with Crippen molar-refractivity contribution >= 4 is 11.6 Å². The van der Waals surface area contributed by atoms with Crippen LogP contribution in [0.3, 0.4) is 0 Å². The fourth-order valence-electron chi connectivity index (χ4n) is 5.70. The number of halogens is 1. The first-order chi connectivity index (χ1) is 17.3. The van der Waals surface area contributed by atoms with Crippen LogP contribution in [0.4, 0.5) is 10.1 Å². The molecule has 2 aromatic rings. The SMILES string of the molecule is C.C[C@@H]1CN(CC(=O)N2CC(C)(C)c3ncc(Cc4ccccc4F)cc32)[C@@H](CN2CCOCC2)CN1. The number of carbonyl (C=O) groups is 1. The van der Waals surface area contributed by atoms with Gasteiger partial charge in [-0.2, -0.15) is 0 Å².